The van der Waals surface area contributed by atoms with Crippen LogP contribution in [0, 0.1) is 0 Å². The zero-order valence-corrected chi connectivity index (χ0v) is 13.5. The molecule has 3 rings (SSSR count). The summed E-state index contributed by atoms with van der Waals surface area (Å²) in [5.74, 6) is 1.79. The lowest BCUT2D eigenvalue weighted by Gasteiger charge is -2.18. The van der Waals surface area contributed by atoms with E-state index in [4.69, 9.17) is 14.2 Å². The zero-order chi connectivity index (χ0) is 15.2. The van der Waals surface area contributed by atoms with E-state index >= 15 is 0 Å². The number of benzene rings is 1. The smallest absolute Gasteiger partial charge is 0.165 e. The molecule has 2 atom stereocenters. The van der Waals surface area contributed by atoms with Crippen LogP contribution in [0.2, 0.25) is 0 Å². The molecule has 4 heteroatoms. The zero-order valence-electron chi connectivity index (χ0n) is 13.5. The second kappa shape index (κ2) is 7.84. The molecular formula is C18H27NO3. The monoisotopic (exact) mass is 305 g/mol. The topological polar surface area (TPSA) is 39.7 Å². The maximum atomic E-state index is 5.87. The van der Waals surface area contributed by atoms with E-state index < -0.39 is 0 Å². The van der Waals surface area contributed by atoms with Gasteiger partial charge in [0.15, 0.2) is 11.5 Å². The Labute approximate surface area is 133 Å². The van der Waals surface area contributed by atoms with E-state index in [9.17, 15) is 0 Å². The van der Waals surface area contributed by atoms with Crippen molar-refractivity contribution < 1.29 is 14.2 Å². The standard InChI is InChI=1S/C18H27NO3/c1-14(8-9-16-6-3-10-20-16)19-13-15-5-2-7-17-18(15)22-12-4-11-21-17/h2,5,7,14,16,19H,3-4,6,8-13H2,1H3. The van der Waals surface area contributed by atoms with Gasteiger partial charge < -0.3 is 19.5 Å². The molecule has 122 valence electrons. The first-order valence-corrected chi connectivity index (χ1v) is 8.55. The normalized spacial score (nSPS) is 22.3. The maximum Gasteiger partial charge on any atom is 0.165 e. The Kier molecular flexibility index (Phi) is 5.57. The summed E-state index contributed by atoms with van der Waals surface area (Å²) in [5, 5.41) is 3.60. The number of para-hydroxylation sites is 1. The number of hydrogen-bond acceptors (Lipinski definition) is 4. The van der Waals surface area contributed by atoms with Crippen molar-refractivity contribution in [3.8, 4) is 11.5 Å². The van der Waals surface area contributed by atoms with Crippen molar-refractivity contribution in [2.24, 2.45) is 0 Å². The third kappa shape index (κ3) is 4.14. The van der Waals surface area contributed by atoms with Crippen LogP contribution in [0.3, 0.4) is 0 Å². The Morgan fingerprint density at radius 2 is 2.09 bits per heavy atom. The Morgan fingerprint density at radius 1 is 1.18 bits per heavy atom. The van der Waals surface area contributed by atoms with Crippen LogP contribution >= 0.6 is 0 Å². The molecule has 2 aliphatic heterocycles. The fraction of sp³-hybridized carbons (Fsp3) is 0.667. The molecule has 0 aliphatic carbocycles. The molecule has 2 unspecified atom stereocenters. The Bertz CT molecular complexity index is 471. The quantitative estimate of drug-likeness (QED) is 0.875. The minimum Gasteiger partial charge on any atom is -0.490 e. The fourth-order valence-corrected chi connectivity index (χ4v) is 3.09. The highest BCUT2D eigenvalue weighted by molar-refractivity contribution is 5.47. The summed E-state index contributed by atoms with van der Waals surface area (Å²) in [6, 6.07) is 6.63. The number of hydrogen-bond donors (Lipinski definition) is 1. The molecule has 1 fully saturated rings. The third-order valence-corrected chi connectivity index (χ3v) is 4.44. The summed E-state index contributed by atoms with van der Waals surface area (Å²) in [5.41, 5.74) is 1.18. The van der Waals surface area contributed by atoms with Crippen molar-refractivity contribution in [1.82, 2.24) is 5.32 Å². The van der Waals surface area contributed by atoms with Gasteiger partial charge in [-0.1, -0.05) is 12.1 Å². The van der Waals surface area contributed by atoms with Gasteiger partial charge in [0.25, 0.3) is 0 Å². The minimum absolute atomic E-state index is 0.478. The highest BCUT2D eigenvalue weighted by atomic mass is 16.5. The second-order valence-corrected chi connectivity index (χ2v) is 6.29. The van der Waals surface area contributed by atoms with Crippen LogP contribution in [0.5, 0.6) is 11.5 Å². The van der Waals surface area contributed by atoms with Crippen LogP contribution in [0.25, 0.3) is 0 Å². The molecule has 2 aliphatic rings. The number of ether oxygens (including phenoxy) is 3. The van der Waals surface area contributed by atoms with Gasteiger partial charge in [-0.25, -0.2) is 0 Å². The molecule has 0 amide bonds. The summed E-state index contributed by atoms with van der Waals surface area (Å²) < 4.78 is 17.3. The molecule has 0 saturated carbocycles. The second-order valence-electron chi connectivity index (χ2n) is 6.29. The molecule has 4 nitrogen and oxygen atoms in total. The highest BCUT2D eigenvalue weighted by Crippen LogP contribution is 2.33. The summed E-state index contributed by atoms with van der Waals surface area (Å²) in [6.07, 6.45) is 6.18. The van der Waals surface area contributed by atoms with Gasteiger partial charge in [0.1, 0.15) is 0 Å². The minimum atomic E-state index is 0.478. The summed E-state index contributed by atoms with van der Waals surface area (Å²) in [6.45, 7) is 5.48. The molecule has 1 aromatic carbocycles. The molecule has 0 bridgehead atoms. The van der Waals surface area contributed by atoms with E-state index in [1.165, 1.54) is 18.4 Å². The molecule has 0 spiro atoms. The highest BCUT2D eigenvalue weighted by Gasteiger charge is 2.17. The van der Waals surface area contributed by atoms with Crippen LogP contribution < -0.4 is 14.8 Å². The Balaban J connectivity index is 1.50. The fourth-order valence-electron chi connectivity index (χ4n) is 3.09. The van der Waals surface area contributed by atoms with Gasteiger partial charge in [0.05, 0.1) is 19.3 Å². The van der Waals surface area contributed by atoms with E-state index in [0.29, 0.717) is 12.1 Å². The van der Waals surface area contributed by atoms with Crippen LogP contribution in [0.1, 0.15) is 44.6 Å². The van der Waals surface area contributed by atoms with Crippen molar-refractivity contribution in [2.75, 3.05) is 19.8 Å². The van der Waals surface area contributed by atoms with Crippen molar-refractivity contribution in [3.05, 3.63) is 23.8 Å². The average Bonchev–Trinajstić information content (AvgIpc) is 2.94. The van der Waals surface area contributed by atoms with Crippen LogP contribution in [-0.2, 0) is 11.3 Å². The average molecular weight is 305 g/mol. The van der Waals surface area contributed by atoms with Crippen molar-refractivity contribution in [1.29, 1.82) is 0 Å². The summed E-state index contributed by atoms with van der Waals surface area (Å²) >= 11 is 0. The van der Waals surface area contributed by atoms with Crippen molar-refractivity contribution >= 4 is 0 Å². The number of rotatable bonds is 6. The largest absolute Gasteiger partial charge is 0.490 e. The molecule has 1 aromatic rings. The summed E-state index contributed by atoms with van der Waals surface area (Å²) in [4.78, 5) is 0. The third-order valence-electron chi connectivity index (χ3n) is 4.44. The van der Waals surface area contributed by atoms with Gasteiger partial charge in [-0.3, -0.25) is 0 Å². The van der Waals surface area contributed by atoms with Crippen LogP contribution in [0.15, 0.2) is 18.2 Å². The van der Waals surface area contributed by atoms with Crippen molar-refractivity contribution in [2.45, 2.75) is 57.7 Å². The van der Waals surface area contributed by atoms with E-state index in [1.807, 2.05) is 12.1 Å². The number of fused-ring (bicyclic) bond motifs is 1. The molecule has 22 heavy (non-hydrogen) atoms. The molecule has 0 radical (unpaired) electrons. The predicted octanol–water partition coefficient (Wildman–Crippen LogP) is 3.29. The molecule has 2 heterocycles. The molecule has 0 aromatic heterocycles. The van der Waals surface area contributed by atoms with Gasteiger partial charge in [-0.15, -0.1) is 0 Å². The van der Waals surface area contributed by atoms with E-state index in [-0.39, 0.29) is 0 Å². The lowest BCUT2D eigenvalue weighted by Crippen LogP contribution is -2.27. The molecule has 1 saturated heterocycles. The van der Waals surface area contributed by atoms with Gasteiger partial charge in [0, 0.05) is 31.2 Å². The lowest BCUT2D eigenvalue weighted by atomic mass is 10.1. The molecule has 1 N–H and O–H groups in total. The summed E-state index contributed by atoms with van der Waals surface area (Å²) in [7, 11) is 0. The van der Waals surface area contributed by atoms with Gasteiger partial charge in [0.2, 0.25) is 0 Å². The lowest BCUT2D eigenvalue weighted by molar-refractivity contribution is 0.100. The van der Waals surface area contributed by atoms with Gasteiger partial charge in [-0.2, -0.15) is 0 Å². The van der Waals surface area contributed by atoms with Crippen molar-refractivity contribution in [3.63, 3.8) is 0 Å². The Morgan fingerprint density at radius 3 is 2.95 bits per heavy atom. The van der Waals surface area contributed by atoms with E-state index in [1.54, 1.807) is 0 Å². The van der Waals surface area contributed by atoms with Gasteiger partial charge >= 0.3 is 0 Å². The first-order chi connectivity index (χ1) is 10.8. The molecular weight excluding hydrogens is 278 g/mol. The first kappa shape index (κ1) is 15.6. The van der Waals surface area contributed by atoms with Crippen LogP contribution in [0.4, 0.5) is 0 Å². The Hall–Kier alpha value is -1.26. The first-order valence-electron chi connectivity index (χ1n) is 8.55. The predicted molar refractivity (Wildman–Crippen MR) is 86.6 cm³/mol. The van der Waals surface area contributed by atoms with Gasteiger partial charge in [-0.05, 0) is 38.7 Å². The van der Waals surface area contributed by atoms with E-state index in [0.717, 1.165) is 57.1 Å². The SMILES string of the molecule is CC(CCC1CCCO1)NCc1cccc2c1OCCCO2. The van der Waals surface area contributed by atoms with Crippen LogP contribution in [-0.4, -0.2) is 32.0 Å². The maximum absolute atomic E-state index is 5.87. The number of nitrogens with one attached hydrogen (secondary N) is 1. The van der Waals surface area contributed by atoms with E-state index in [2.05, 4.69) is 18.3 Å².